The minimum atomic E-state index is -6.87. The van der Waals surface area contributed by atoms with Crippen molar-refractivity contribution in [2.75, 3.05) is 0 Å². The Morgan fingerprint density at radius 3 is 1.83 bits per heavy atom. The van der Waals surface area contributed by atoms with Crippen LogP contribution in [-0.4, -0.2) is 61.3 Å². The molecular weight excluding hydrogens is 423 g/mol. The molecule has 0 fully saturated rings. The second-order valence-electron chi connectivity index (χ2n) is 5.11. The molecule has 0 aliphatic carbocycles. The Labute approximate surface area is 141 Å². The maximum absolute atomic E-state index is 13.9. The van der Waals surface area contributed by atoms with Crippen LogP contribution in [0.3, 0.4) is 0 Å². The standard InChI is InChI=1S/C9H17F9O2Si4/c1-4-23(3)20-22-24(19-21)5(2)6(10,11)7(12,13)8(14,15)9(16,17)18/h4-5,23-24H,1,22H2,2-3,21H3. The summed E-state index contributed by atoms with van der Waals surface area (Å²) in [6, 6.07) is 0. The molecule has 0 heterocycles. The van der Waals surface area contributed by atoms with Crippen LogP contribution in [0.15, 0.2) is 12.3 Å². The third-order valence-electron chi connectivity index (χ3n) is 3.46. The smallest absolute Gasteiger partial charge is 0.460 e. The van der Waals surface area contributed by atoms with Gasteiger partial charge in [-0.15, -0.1) is 6.58 Å². The van der Waals surface area contributed by atoms with Crippen molar-refractivity contribution in [2.24, 2.45) is 0 Å². The Hall–Kier alpha value is -0.102. The van der Waals surface area contributed by atoms with Crippen molar-refractivity contribution in [1.82, 2.24) is 0 Å². The Bertz CT molecular complexity index is 432. The van der Waals surface area contributed by atoms with Crippen molar-refractivity contribution in [3.8, 4) is 0 Å². The van der Waals surface area contributed by atoms with Gasteiger partial charge in [0.1, 0.15) is 10.5 Å². The van der Waals surface area contributed by atoms with E-state index in [9.17, 15) is 39.5 Å². The summed E-state index contributed by atoms with van der Waals surface area (Å²) < 4.78 is 127. The van der Waals surface area contributed by atoms with Crippen molar-refractivity contribution in [3.05, 3.63) is 12.3 Å². The molecular formula is C9H17F9O2Si4. The number of rotatable bonds is 9. The molecule has 3 atom stereocenters. The number of halogens is 9. The maximum atomic E-state index is 13.9. The Balaban J connectivity index is 5.55. The fourth-order valence-electron chi connectivity index (χ4n) is 1.64. The lowest BCUT2D eigenvalue weighted by Crippen LogP contribution is -2.63. The molecule has 0 spiro atoms. The highest BCUT2D eigenvalue weighted by atomic mass is 29.2. The second-order valence-corrected chi connectivity index (χ2v) is 16.0. The first-order chi connectivity index (χ1) is 10.6. The summed E-state index contributed by atoms with van der Waals surface area (Å²) in [6.07, 6.45) is -6.81. The molecule has 0 saturated carbocycles. The van der Waals surface area contributed by atoms with Gasteiger partial charge in [0.15, 0.2) is 26.9 Å². The van der Waals surface area contributed by atoms with Crippen LogP contribution in [0.2, 0.25) is 12.1 Å². The minimum Gasteiger partial charge on any atom is -0.466 e. The molecule has 0 N–H and O–H groups in total. The summed E-state index contributed by atoms with van der Waals surface area (Å²) in [5.74, 6) is -19.1. The minimum absolute atomic E-state index is 0.149. The largest absolute Gasteiger partial charge is 0.466 e. The van der Waals surface area contributed by atoms with Gasteiger partial charge < -0.3 is 8.23 Å². The molecule has 0 aromatic carbocycles. The summed E-state index contributed by atoms with van der Waals surface area (Å²) in [4.78, 5) is 0. The van der Waals surface area contributed by atoms with Gasteiger partial charge >= 0.3 is 23.9 Å². The summed E-state index contributed by atoms with van der Waals surface area (Å²) >= 11 is 0. The molecule has 15 heteroatoms. The van der Waals surface area contributed by atoms with E-state index >= 15 is 0 Å². The predicted molar refractivity (Wildman–Crippen MR) is 81.3 cm³/mol. The zero-order valence-electron chi connectivity index (χ0n) is 12.9. The van der Waals surface area contributed by atoms with E-state index < -0.39 is 56.4 Å². The molecule has 0 aromatic rings. The van der Waals surface area contributed by atoms with Crippen LogP contribution < -0.4 is 0 Å². The average molecular weight is 441 g/mol. The lowest BCUT2D eigenvalue weighted by Gasteiger charge is -2.38. The van der Waals surface area contributed by atoms with Gasteiger partial charge in [0.05, 0.1) is 0 Å². The van der Waals surface area contributed by atoms with Crippen LogP contribution in [0.5, 0.6) is 0 Å². The van der Waals surface area contributed by atoms with Gasteiger partial charge in [-0.25, -0.2) is 0 Å². The zero-order chi connectivity index (χ0) is 19.6. The Morgan fingerprint density at radius 1 is 1.04 bits per heavy atom. The van der Waals surface area contributed by atoms with E-state index in [4.69, 9.17) is 8.23 Å². The van der Waals surface area contributed by atoms with E-state index in [1.165, 1.54) is 5.70 Å². The fourth-order valence-corrected chi connectivity index (χ4v) is 14.7. The Morgan fingerprint density at radius 2 is 1.50 bits per heavy atom. The molecule has 3 unspecified atom stereocenters. The highest BCUT2D eigenvalue weighted by molar-refractivity contribution is 7.09. The van der Waals surface area contributed by atoms with Crippen molar-refractivity contribution in [2.45, 2.75) is 43.0 Å². The highest BCUT2D eigenvalue weighted by Crippen LogP contribution is 2.56. The molecule has 0 bridgehead atoms. The van der Waals surface area contributed by atoms with Gasteiger partial charge in [0.2, 0.25) is 0 Å². The van der Waals surface area contributed by atoms with Crippen molar-refractivity contribution in [3.63, 3.8) is 0 Å². The van der Waals surface area contributed by atoms with Crippen LogP contribution >= 0.6 is 0 Å². The molecule has 0 radical (unpaired) electrons. The molecule has 0 aliphatic rings. The van der Waals surface area contributed by atoms with E-state index in [1.807, 2.05) is 0 Å². The van der Waals surface area contributed by atoms with Gasteiger partial charge in [-0.2, -0.15) is 39.5 Å². The van der Waals surface area contributed by atoms with Gasteiger partial charge in [0.25, 0.3) is 0 Å². The quantitative estimate of drug-likeness (QED) is 0.400. The molecule has 0 aliphatic heterocycles. The van der Waals surface area contributed by atoms with Crippen molar-refractivity contribution < 1.29 is 47.7 Å². The van der Waals surface area contributed by atoms with Crippen LogP contribution in [0.1, 0.15) is 6.92 Å². The van der Waals surface area contributed by atoms with Gasteiger partial charge in [-0.3, -0.25) is 0 Å². The molecule has 24 heavy (non-hydrogen) atoms. The molecule has 0 amide bonds. The summed E-state index contributed by atoms with van der Waals surface area (Å²) in [7, 11) is -7.15. The summed E-state index contributed by atoms with van der Waals surface area (Å²) in [6.45, 7) is 5.53. The van der Waals surface area contributed by atoms with E-state index in [0.717, 1.165) is 0 Å². The van der Waals surface area contributed by atoms with E-state index in [1.54, 1.807) is 6.55 Å². The maximum Gasteiger partial charge on any atom is 0.460 e. The molecule has 0 aromatic heterocycles. The SMILES string of the molecule is C=C[SiH](C)O[SiH2][SiH](O[SiH3])C(C)C(F)(F)C(F)(F)C(F)(F)C(F)(F)F. The van der Waals surface area contributed by atoms with Crippen molar-refractivity contribution >= 4 is 37.4 Å². The summed E-state index contributed by atoms with van der Waals surface area (Å²) in [5.41, 5.74) is -1.02. The Kier molecular flexibility index (Phi) is 8.03. The van der Waals surface area contributed by atoms with Crippen LogP contribution in [0.4, 0.5) is 39.5 Å². The average Bonchev–Trinajstić information content (AvgIpc) is 2.45. The number of hydrogen-bond donors (Lipinski definition) is 0. The lowest BCUT2D eigenvalue weighted by molar-refractivity contribution is -0.396. The van der Waals surface area contributed by atoms with Crippen LogP contribution in [0.25, 0.3) is 0 Å². The van der Waals surface area contributed by atoms with Gasteiger partial charge in [0, 0.05) is 5.54 Å². The third kappa shape index (κ3) is 4.54. The first-order valence-corrected chi connectivity index (χ1v) is 14.6. The van der Waals surface area contributed by atoms with Gasteiger partial charge in [-0.1, -0.05) is 12.6 Å². The topological polar surface area (TPSA) is 18.5 Å². The monoisotopic (exact) mass is 440 g/mol. The van der Waals surface area contributed by atoms with Crippen molar-refractivity contribution in [1.29, 1.82) is 0 Å². The molecule has 2 nitrogen and oxygen atoms in total. The zero-order valence-corrected chi connectivity index (χ0v) is 18.7. The lowest BCUT2D eigenvalue weighted by atomic mass is 10.0. The number of hydrogen-bond acceptors (Lipinski definition) is 2. The van der Waals surface area contributed by atoms with Gasteiger partial charge in [-0.05, 0) is 6.55 Å². The first-order valence-electron chi connectivity index (χ1n) is 6.55. The number of alkyl halides is 9. The normalized spacial score (nSPS) is 18.8. The highest BCUT2D eigenvalue weighted by Gasteiger charge is 2.82. The molecule has 0 saturated heterocycles. The van der Waals surface area contributed by atoms with Crippen LogP contribution in [0, 0.1) is 0 Å². The first kappa shape index (κ1) is 23.9. The molecule has 0 rings (SSSR count). The second kappa shape index (κ2) is 8.06. The molecule has 144 valence electrons. The van der Waals surface area contributed by atoms with Crippen LogP contribution in [-0.2, 0) is 8.23 Å². The summed E-state index contributed by atoms with van der Waals surface area (Å²) in [5, 5.41) is 0. The van der Waals surface area contributed by atoms with E-state index in [2.05, 4.69) is 6.58 Å². The third-order valence-corrected chi connectivity index (χ3v) is 19.1. The fraction of sp³-hybridized carbons (Fsp3) is 0.778. The van der Waals surface area contributed by atoms with E-state index in [-0.39, 0.29) is 10.5 Å². The van der Waals surface area contributed by atoms with E-state index in [0.29, 0.717) is 6.92 Å². The predicted octanol–water partition coefficient (Wildman–Crippen LogP) is 1.54.